The predicted octanol–water partition coefficient (Wildman–Crippen LogP) is 2.11. The Balaban J connectivity index is 0.00000324. The standard InChI is InChI=1S/C12H16BrFN2O2.ClH/c1-15-5-2-6-16-12(17)8-18-11-4-3-9(13)7-10(11)14;/h3-4,7,15H,2,5-6,8H2,1H3,(H,16,17);1H. The molecule has 19 heavy (non-hydrogen) atoms. The number of carbonyl (C=O) groups excluding carboxylic acids is 1. The second-order valence-corrected chi connectivity index (χ2v) is 4.59. The molecule has 108 valence electrons. The van der Waals surface area contributed by atoms with Crippen molar-refractivity contribution in [3.63, 3.8) is 0 Å². The molecule has 0 heterocycles. The Kier molecular flexibility index (Phi) is 9.55. The van der Waals surface area contributed by atoms with Crippen molar-refractivity contribution in [3.05, 3.63) is 28.5 Å². The van der Waals surface area contributed by atoms with E-state index in [1.807, 2.05) is 7.05 Å². The van der Waals surface area contributed by atoms with Crippen molar-refractivity contribution < 1.29 is 13.9 Å². The lowest BCUT2D eigenvalue weighted by Crippen LogP contribution is -2.31. The highest BCUT2D eigenvalue weighted by molar-refractivity contribution is 9.10. The van der Waals surface area contributed by atoms with Crippen LogP contribution < -0.4 is 15.4 Å². The van der Waals surface area contributed by atoms with Gasteiger partial charge in [-0.05, 0) is 38.2 Å². The summed E-state index contributed by atoms with van der Waals surface area (Å²) in [4.78, 5) is 11.4. The summed E-state index contributed by atoms with van der Waals surface area (Å²) in [5.41, 5.74) is 0. The third-order valence-corrected chi connectivity index (χ3v) is 2.67. The zero-order valence-corrected chi connectivity index (χ0v) is 12.9. The Morgan fingerprint density at radius 2 is 2.16 bits per heavy atom. The molecule has 2 N–H and O–H groups in total. The van der Waals surface area contributed by atoms with Crippen molar-refractivity contribution in [1.82, 2.24) is 10.6 Å². The minimum atomic E-state index is -0.493. The van der Waals surface area contributed by atoms with Crippen LogP contribution >= 0.6 is 28.3 Å². The first-order chi connectivity index (χ1) is 8.63. The third-order valence-electron chi connectivity index (χ3n) is 2.18. The second-order valence-electron chi connectivity index (χ2n) is 3.67. The first kappa shape index (κ1) is 18.1. The van der Waals surface area contributed by atoms with Gasteiger partial charge in [0.15, 0.2) is 18.2 Å². The third kappa shape index (κ3) is 7.34. The quantitative estimate of drug-likeness (QED) is 0.737. The average molecular weight is 356 g/mol. The van der Waals surface area contributed by atoms with Gasteiger partial charge in [-0.2, -0.15) is 0 Å². The molecule has 1 aromatic rings. The number of nitrogens with one attached hydrogen (secondary N) is 2. The minimum absolute atomic E-state index is 0. The van der Waals surface area contributed by atoms with E-state index in [0.29, 0.717) is 11.0 Å². The summed E-state index contributed by atoms with van der Waals surface area (Å²) in [7, 11) is 1.85. The Morgan fingerprint density at radius 1 is 1.42 bits per heavy atom. The highest BCUT2D eigenvalue weighted by Gasteiger charge is 2.06. The van der Waals surface area contributed by atoms with Gasteiger partial charge in [0.05, 0.1) is 0 Å². The first-order valence-electron chi connectivity index (χ1n) is 5.62. The Labute approximate surface area is 126 Å². The van der Waals surface area contributed by atoms with E-state index in [2.05, 4.69) is 26.6 Å². The molecule has 7 heteroatoms. The molecule has 0 saturated heterocycles. The van der Waals surface area contributed by atoms with Gasteiger partial charge >= 0.3 is 0 Å². The van der Waals surface area contributed by atoms with E-state index in [-0.39, 0.29) is 30.7 Å². The normalized spacial score (nSPS) is 9.63. The SMILES string of the molecule is CNCCCNC(=O)COc1ccc(Br)cc1F.Cl. The van der Waals surface area contributed by atoms with Crippen LogP contribution in [0.5, 0.6) is 5.75 Å². The average Bonchev–Trinajstić information content (AvgIpc) is 2.33. The van der Waals surface area contributed by atoms with Crippen LogP contribution in [0.2, 0.25) is 0 Å². The van der Waals surface area contributed by atoms with E-state index in [0.717, 1.165) is 13.0 Å². The lowest BCUT2D eigenvalue weighted by molar-refractivity contribution is -0.123. The van der Waals surface area contributed by atoms with Gasteiger partial charge in [0.1, 0.15) is 0 Å². The van der Waals surface area contributed by atoms with Crippen LogP contribution in [0.3, 0.4) is 0 Å². The molecular formula is C12H17BrClFN2O2. The monoisotopic (exact) mass is 354 g/mol. The maximum atomic E-state index is 13.4. The molecule has 1 aromatic carbocycles. The summed E-state index contributed by atoms with van der Waals surface area (Å²) < 4.78 is 19.1. The molecule has 0 spiro atoms. The second kappa shape index (κ2) is 10.00. The maximum absolute atomic E-state index is 13.4. The number of halogens is 3. The molecule has 0 aromatic heterocycles. The number of ether oxygens (including phenoxy) is 1. The number of hydrogen-bond acceptors (Lipinski definition) is 3. The van der Waals surface area contributed by atoms with E-state index < -0.39 is 5.82 Å². The lowest BCUT2D eigenvalue weighted by Gasteiger charge is -2.08. The van der Waals surface area contributed by atoms with E-state index in [4.69, 9.17) is 4.74 Å². The van der Waals surface area contributed by atoms with Gasteiger partial charge < -0.3 is 15.4 Å². The van der Waals surface area contributed by atoms with Crippen molar-refractivity contribution in [1.29, 1.82) is 0 Å². The van der Waals surface area contributed by atoms with Crippen LogP contribution in [0.15, 0.2) is 22.7 Å². The highest BCUT2D eigenvalue weighted by Crippen LogP contribution is 2.21. The Morgan fingerprint density at radius 3 is 2.79 bits per heavy atom. The van der Waals surface area contributed by atoms with Gasteiger partial charge in [-0.15, -0.1) is 12.4 Å². The molecule has 0 atom stereocenters. The number of hydrogen-bond donors (Lipinski definition) is 2. The fourth-order valence-corrected chi connectivity index (χ4v) is 1.61. The fraction of sp³-hybridized carbons (Fsp3) is 0.417. The van der Waals surface area contributed by atoms with Gasteiger partial charge in [0, 0.05) is 11.0 Å². The van der Waals surface area contributed by atoms with Gasteiger partial charge in [-0.1, -0.05) is 15.9 Å². The smallest absolute Gasteiger partial charge is 0.257 e. The zero-order valence-electron chi connectivity index (χ0n) is 10.5. The van der Waals surface area contributed by atoms with Crippen molar-refractivity contribution >= 4 is 34.2 Å². The van der Waals surface area contributed by atoms with Crippen molar-refractivity contribution in [2.45, 2.75) is 6.42 Å². The molecule has 1 rings (SSSR count). The molecule has 1 amide bonds. The van der Waals surface area contributed by atoms with E-state index in [9.17, 15) is 9.18 Å². The highest BCUT2D eigenvalue weighted by atomic mass is 79.9. The topological polar surface area (TPSA) is 50.4 Å². The maximum Gasteiger partial charge on any atom is 0.257 e. The van der Waals surface area contributed by atoms with Crippen LogP contribution in [0.1, 0.15) is 6.42 Å². The molecular weight excluding hydrogens is 338 g/mol. The Bertz CT molecular complexity index is 407. The first-order valence-corrected chi connectivity index (χ1v) is 6.42. The minimum Gasteiger partial charge on any atom is -0.481 e. The summed E-state index contributed by atoms with van der Waals surface area (Å²) in [5, 5.41) is 5.66. The number of amides is 1. The molecule has 0 fully saturated rings. The Hall–Kier alpha value is -0.850. The van der Waals surface area contributed by atoms with E-state index in [1.165, 1.54) is 12.1 Å². The lowest BCUT2D eigenvalue weighted by atomic mass is 10.3. The number of carbonyl (C=O) groups is 1. The molecule has 0 unspecified atom stereocenters. The van der Waals surface area contributed by atoms with Crippen molar-refractivity contribution in [2.75, 3.05) is 26.7 Å². The van der Waals surface area contributed by atoms with Gasteiger partial charge in [0.25, 0.3) is 5.91 Å². The number of rotatable bonds is 7. The van der Waals surface area contributed by atoms with Gasteiger partial charge in [-0.3, -0.25) is 4.79 Å². The summed E-state index contributed by atoms with van der Waals surface area (Å²) in [6.07, 6.45) is 0.842. The van der Waals surface area contributed by atoms with Crippen molar-refractivity contribution in [3.8, 4) is 5.75 Å². The van der Waals surface area contributed by atoms with Gasteiger partial charge in [0.2, 0.25) is 0 Å². The van der Waals surface area contributed by atoms with E-state index in [1.54, 1.807) is 6.07 Å². The summed E-state index contributed by atoms with van der Waals surface area (Å²) in [6, 6.07) is 4.43. The van der Waals surface area contributed by atoms with Crippen LogP contribution in [0.25, 0.3) is 0 Å². The predicted molar refractivity (Wildman–Crippen MR) is 78.4 cm³/mol. The molecule has 0 aliphatic carbocycles. The van der Waals surface area contributed by atoms with E-state index >= 15 is 0 Å². The molecule has 0 aliphatic heterocycles. The van der Waals surface area contributed by atoms with Crippen LogP contribution in [0.4, 0.5) is 4.39 Å². The van der Waals surface area contributed by atoms with Crippen LogP contribution in [-0.4, -0.2) is 32.7 Å². The molecule has 0 radical (unpaired) electrons. The molecule has 0 bridgehead atoms. The van der Waals surface area contributed by atoms with Crippen LogP contribution in [0, 0.1) is 5.82 Å². The van der Waals surface area contributed by atoms with Crippen LogP contribution in [-0.2, 0) is 4.79 Å². The largest absolute Gasteiger partial charge is 0.481 e. The summed E-state index contributed by atoms with van der Waals surface area (Å²) in [5.74, 6) is -0.677. The van der Waals surface area contributed by atoms with Gasteiger partial charge in [-0.25, -0.2) is 4.39 Å². The molecule has 4 nitrogen and oxygen atoms in total. The molecule has 0 aliphatic rings. The summed E-state index contributed by atoms with van der Waals surface area (Å²) >= 11 is 3.14. The molecule has 0 saturated carbocycles. The zero-order chi connectivity index (χ0) is 13.4. The number of benzene rings is 1. The van der Waals surface area contributed by atoms with Crippen molar-refractivity contribution in [2.24, 2.45) is 0 Å². The summed E-state index contributed by atoms with van der Waals surface area (Å²) in [6.45, 7) is 1.23. The fourth-order valence-electron chi connectivity index (χ4n) is 1.28.